The second kappa shape index (κ2) is 7.05. The van der Waals surface area contributed by atoms with E-state index < -0.39 is 8.32 Å². The molecule has 0 saturated carbocycles. The molecule has 3 heteroatoms. The molecule has 0 aliphatic heterocycles. The highest BCUT2D eigenvalue weighted by atomic mass is 28.4. The highest BCUT2D eigenvalue weighted by Crippen LogP contribution is 2.37. The van der Waals surface area contributed by atoms with E-state index >= 15 is 0 Å². The van der Waals surface area contributed by atoms with Gasteiger partial charge in [0.25, 0.3) is 0 Å². The molecule has 0 heterocycles. The molecule has 0 aliphatic carbocycles. The quantitative estimate of drug-likeness (QED) is 0.386. The summed E-state index contributed by atoms with van der Waals surface area (Å²) >= 11 is 0. The Bertz CT molecular complexity index is 311. The van der Waals surface area contributed by atoms with Crippen molar-refractivity contribution in [3.8, 4) is 0 Å². The predicted molar refractivity (Wildman–Crippen MR) is 81.3 cm³/mol. The molecular formula is C15H28O2Si. The summed E-state index contributed by atoms with van der Waals surface area (Å²) in [6.07, 6.45) is 6.66. The van der Waals surface area contributed by atoms with Gasteiger partial charge in [0.2, 0.25) is 0 Å². The molecule has 104 valence electrons. The largest absolute Gasteiger partial charge is 0.410 e. The van der Waals surface area contributed by atoms with Crippen molar-refractivity contribution < 1.29 is 9.22 Å². The summed E-state index contributed by atoms with van der Waals surface area (Å²) in [5.41, 5.74) is 0. The molecule has 0 aromatic rings. The normalized spacial score (nSPS) is 14.8. The van der Waals surface area contributed by atoms with Crippen LogP contribution in [0.4, 0.5) is 0 Å². The number of carbonyl (C=O) groups excluding carboxylic acids is 1. The van der Waals surface area contributed by atoms with E-state index in [-0.39, 0.29) is 16.9 Å². The zero-order chi connectivity index (χ0) is 14.4. The van der Waals surface area contributed by atoms with E-state index in [1.165, 1.54) is 0 Å². The fourth-order valence-electron chi connectivity index (χ4n) is 1.20. The van der Waals surface area contributed by atoms with Crippen LogP contribution in [-0.4, -0.2) is 20.2 Å². The van der Waals surface area contributed by atoms with Gasteiger partial charge >= 0.3 is 0 Å². The molecule has 0 saturated heterocycles. The van der Waals surface area contributed by atoms with E-state index in [1.54, 1.807) is 6.08 Å². The molecule has 0 rings (SSSR count). The molecule has 0 radical (unpaired) electrons. The Kier molecular flexibility index (Phi) is 6.78. The highest BCUT2D eigenvalue weighted by Gasteiger charge is 2.38. The Morgan fingerprint density at radius 2 is 1.94 bits per heavy atom. The average Bonchev–Trinajstić information content (AvgIpc) is 2.25. The van der Waals surface area contributed by atoms with Crippen LogP contribution in [-0.2, 0) is 9.22 Å². The molecule has 0 aliphatic rings. The predicted octanol–water partition coefficient (Wildman–Crippen LogP) is 4.49. The van der Waals surface area contributed by atoms with Crippen LogP contribution in [0.15, 0.2) is 24.8 Å². The second-order valence-corrected chi connectivity index (χ2v) is 10.9. The molecule has 0 aromatic carbocycles. The highest BCUT2D eigenvalue weighted by molar-refractivity contribution is 6.74. The third kappa shape index (κ3) is 5.78. The maximum Gasteiger partial charge on any atom is 0.192 e. The third-order valence-corrected chi connectivity index (χ3v) is 8.04. The summed E-state index contributed by atoms with van der Waals surface area (Å²) < 4.78 is 6.23. The minimum atomic E-state index is -1.76. The number of ketones is 1. The van der Waals surface area contributed by atoms with E-state index in [0.717, 1.165) is 6.42 Å². The molecule has 0 amide bonds. The summed E-state index contributed by atoms with van der Waals surface area (Å²) in [6.45, 7) is 16.8. The van der Waals surface area contributed by atoms with Crippen LogP contribution in [0.3, 0.4) is 0 Å². The van der Waals surface area contributed by atoms with Crippen LogP contribution in [0.2, 0.25) is 18.1 Å². The molecule has 0 fully saturated rings. The zero-order valence-corrected chi connectivity index (χ0v) is 13.7. The number of hydrogen-bond acceptors (Lipinski definition) is 2. The van der Waals surface area contributed by atoms with Gasteiger partial charge in [-0.15, -0.1) is 6.58 Å². The van der Waals surface area contributed by atoms with Crippen LogP contribution in [0, 0.1) is 0 Å². The lowest BCUT2D eigenvalue weighted by Gasteiger charge is -2.38. The Labute approximate surface area is 113 Å². The van der Waals surface area contributed by atoms with E-state index in [9.17, 15) is 4.79 Å². The molecule has 2 nitrogen and oxygen atoms in total. The summed E-state index contributed by atoms with van der Waals surface area (Å²) in [5, 5.41) is 0.192. The van der Waals surface area contributed by atoms with Crippen molar-refractivity contribution in [3.05, 3.63) is 24.8 Å². The maximum absolute atomic E-state index is 11.2. The topological polar surface area (TPSA) is 26.3 Å². The van der Waals surface area contributed by atoms with E-state index in [4.69, 9.17) is 4.43 Å². The summed E-state index contributed by atoms with van der Waals surface area (Å²) in [7, 11) is -1.76. The van der Waals surface area contributed by atoms with Crippen molar-refractivity contribution in [2.45, 2.75) is 64.8 Å². The van der Waals surface area contributed by atoms with Crippen LogP contribution < -0.4 is 0 Å². The van der Waals surface area contributed by atoms with Crippen molar-refractivity contribution in [2.24, 2.45) is 0 Å². The van der Waals surface area contributed by atoms with Crippen molar-refractivity contribution in [1.29, 1.82) is 0 Å². The van der Waals surface area contributed by atoms with Crippen molar-refractivity contribution in [2.75, 3.05) is 0 Å². The summed E-state index contributed by atoms with van der Waals surface area (Å²) in [6, 6.07) is 0. The molecule has 0 N–H and O–H groups in total. The Morgan fingerprint density at radius 3 is 2.33 bits per heavy atom. The van der Waals surface area contributed by atoms with Crippen molar-refractivity contribution in [1.82, 2.24) is 0 Å². The lowest BCUT2D eigenvalue weighted by molar-refractivity contribution is -0.114. The van der Waals surface area contributed by atoms with Gasteiger partial charge in [-0.1, -0.05) is 39.8 Å². The van der Waals surface area contributed by atoms with Crippen LogP contribution in [0.25, 0.3) is 0 Å². The van der Waals surface area contributed by atoms with Crippen LogP contribution in [0.5, 0.6) is 0 Å². The Morgan fingerprint density at radius 1 is 1.39 bits per heavy atom. The van der Waals surface area contributed by atoms with Gasteiger partial charge in [0.05, 0.1) is 6.10 Å². The molecule has 0 aromatic heterocycles. The summed E-state index contributed by atoms with van der Waals surface area (Å²) in [5.74, 6) is 0.158. The molecule has 0 bridgehead atoms. The van der Waals surface area contributed by atoms with Gasteiger partial charge in [-0.2, -0.15) is 0 Å². The maximum atomic E-state index is 11.2. The Hall–Kier alpha value is -0.673. The van der Waals surface area contributed by atoms with Gasteiger partial charge in [-0.3, -0.25) is 4.79 Å². The fraction of sp³-hybridized carbons (Fsp3) is 0.667. The fourth-order valence-corrected chi connectivity index (χ4v) is 2.50. The number of rotatable bonds is 7. The number of hydrogen-bond donors (Lipinski definition) is 0. The van der Waals surface area contributed by atoms with Gasteiger partial charge < -0.3 is 4.43 Å². The molecular weight excluding hydrogens is 240 g/mol. The third-order valence-electron chi connectivity index (χ3n) is 3.54. The standard InChI is InChI=1S/C15H28O2Si/c1-8-13(16)11-10-12-14(9-2)17-18(6,7)15(3,4)5/h9-11,14H,2,8,12H2,1,3-7H3/b11-10+. The summed E-state index contributed by atoms with van der Waals surface area (Å²) in [4.78, 5) is 11.2. The minimum Gasteiger partial charge on any atom is -0.410 e. The molecule has 1 unspecified atom stereocenters. The first kappa shape index (κ1) is 17.3. The first-order valence-electron chi connectivity index (χ1n) is 6.63. The van der Waals surface area contributed by atoms with E-state index in [0.29, 0.717) is 6.42 Å². The van der Waals surface area contributed by atoms with Gasteiger partial charge in [-0.05, 0) is 30.6 Å². The van der Waals surface area contributed by atoms with Gasteiger partial charge in [0, 0.05) is 6.42 Å². The van der Waals surface area contributed by atoms with Crippen LogP contribution >= 0.6 is 0 Å². The van der Waals surface area contributed by atoms with Gasteiger partial charge in [0.15, 0.2) is 14.1 Å². The zero-order valence-electron chi connectivity index (χ0n) is 12.7. The van der Waals surface area contributed by atoms with Crippen molar-refractivity contribution in [3.63, 3.8) is 0 Å². The Balaban J connectivity index is 4.50. The number of carbonyl (C=O) groups is 1. The molecule has 1 atom stereocenters. The monoisotopic (exact) mass is 268 g/mol. The van der Waals surface area contributed by atoms with Gasteiger partial charge in [-0.25, -0.2) is 0 Å². The lowest BCUT2D eigenvalue weighted by Crippen LogP contribution is -2.43. The average molecular weight is 268 g/mol. The molecule has 18 heavy (non-hydrogen) atoms. The second-order valence-electron chi connectivity index (χ2n) is 6.11. The van der Waals surface area contributed by atoms with Crippen LogP contribution in [0.1, 0.15) is 40.5 Å². The first-order chi connectivity index (χ1) is 8.14. The van der Waals surface area contributed by atoms with Crippen molar-refractivity contribution >= 4 is 14.1 Å². The van der Waals surface area contributed by atoms with E-state index in [1.807, 2.05) is 19.1 Å². The minimum absolute atomic E-state index is 0.00629. The van der Waals surface area contributed by atoms with Gasteiger partial charge in [0.1, 0.15) is 0 Å². The first-order valence-corrected chi connectivity index (χ1v) is 9.54. The SMILES string of the molecule is C=CC(C/C=C/C(=O)CC)O[Si](C)(C)C(C)(C)C. The van der Waals surface area contributed by atoms with E-state index in [2.05, 4.69) is 40.4 Å². The molecule has 0 spiro atoms. The smallest absolute Gasteiger partial charge is 0.192 e. The number of allylic oxidation sites excluding steroid dienone is 1. The lowest BCUT2D eigenvalue weighted by atomic mass is 10.2.